The van der Waals surface area contributed by atoms with E-state index in [2.05, 4.69) is 17.1 Å². The summed E-state index contributed by atoms with van der Waals surface area (Å²) >= 11 is 0. The van der Waals surface area contributed by atoms with E-state index in [0.29, 0.717) is 5.41 Å². The van der Waals surface area contributed by atoms with Gasteiger partial charge in [0, 0.05) is 26.2 Å². The highest BCUT2D eigenvalue weighted by Crippen LogP contribution is 2.38. The van der Waals surface area contributed by atoms with Gasteiger partial charge in [0.2, 0.25) is 0 Å². The molecule has 2 aliphatic rings. The van der Waals surface area contributed by atoms with Gasteiger partial charge in [0.15, 0.2) is 0 Å². The lowest BCUT2D eigenvalue weighted by Crippen LogP contribution is -2.45. The van der Waals surface area contributed by atoms with E-state index in [0.717, 1.165) is 32.6 Å². The molecule has 2 fully saturated rings. The highest BCUT2D eigenvalue weighted by atomic mass is 16.3. The van der Waals surface area contributed by atoms with Gasteiger partial charge in [0.1, 0.15) is 0 Å². The average Bonchev–Trinajstić information content (AvgIpc) is 2.67. The van der Waals surface area contributed by atoms with Crippen LogP contribution in [0.5, 0.6) is 0 Å². The largest absolute Gasteiger partial charge is 0.389 e. The first kappa shape index (κ1) is 14.3. The van der Waals surface area contributed by atoms with E-state index in [1.807, 2.05) is 6.92 Å². The normalized spacial score (nSPS) is 32.8. The Balaban J connectivity index is 1.92. The molecule has 2 rings (SSSR count). The summed E-state index contributed by atoms with van der Waals surface area (Å²) in [6.07, 6.45) is 7.83. The van der Waals surface area contributed by atoms with Crippen LogP contribution in [0.15, 0.2) is 0 Å². The molecule has 1 aliphatic heterocycles. The Bertz CT molecular complexity index is 259. The molecule has 0 aromatic heterocycles. The first-order chi connectivity index (χ1) is 8.55. The maximum atomic E-state index is 10.1. The fourth-order valence-electron chi connectivity index (χ4n) is 3.73. The number of hydrogen-bond acceptors (Lipinski definition) is 3. The lowest BCUT2D eigenvalue weighted by atomic mass is 9.73. The van der Waals surface area contributed by atoms with E-state index in [4.69, 9.17) is 0 Å². The quantitative estimate of drug-likeness (QED) is 0.788. The molecule has 2 N–H and O–H groups in total. The maximum absolute atomic E-state index is 10.1. The van der Waals surface area contributed by atoms with Crippen LogP contribution < -0.4 is 5.32 Å². The summed E-state index contributed by atoms with van der Waals surface area (Å²) in [7, 11) is 0. The molecule has 0 radical (unpaired) electrons. The minimum atomic E-state index is -0.450. The van der Waals surface area contributed by atoms with Crippen LogP contribution in [0.2, 0.25) is 0 Å². The van der Waals surface area contributed by atoms with Crippen molar-refractivity contribution in [3.63, 3.8) is 0 Å². The van der Waals surface area contributed by atoms with Gasteiger partial charge < -0.3 is 10.4 Å². The summed E-state index contributed by atoms with van der Waals surface area (Å²) in [5.41, 5.74) is 0.0166. The van der Waals surface area contributed by atoms with Gasteiger partial charge in [0.25, 0.3) is 0 Å². The van der Waals surface area contributed by atoms with E-state index in [1.165, 1.54) is 38.6 Å². The fraction of sp³-hybridized carbons (Fsp3) is 1.00. The van der Waals surface area contributed by atoms with Crippen molar-refractivity contribution >= 4 is 0 Å². The minimum Gasteiger partial charge on any atom is -0.389 e. The molecule has 1 heterocycles. The first-order valence-electron chi connectivity index (χ1n) is 7.71. The topological polar surface area (TPSA) is 35.5 Å². The average molecular weight is 254 g/mol. The lowest BCUT2D eigenvalue weighted by Gasteiger charge is -2.40. The zero-order valence-corrected chi connectivity index (χ0v) is 12.2. The molecule has 1 unspecified atom stereocenters. The number of β-amino-alcohol motifs (C(OH)–C–C–N with tert-alkyl or cyclic N) is 1. The molecule has 0 amide bonds. The van der Waals surface area contributed by atoms with Crippen molar-refractivity contribution in [1.82, 2.24) is 10.2 Å². The molecule has 0 aromatic carbocycles. The van der Waals surface area contributed by atoms with Crippen LogP contribution in [0.3, 0.4) is 0 Å². The number of likely N-dealkylation sites (tertiary alicyclic amines) is 1. The Hall–Kier alpha value is -0.120. The molecule has 0 spiro atoms. The fourth-order valence-corrected chi connectivity index (χ4v) is 3.73. The Morgan fingerprint density at radius 1 is 1.17 bits per heavy atom. The summed E-state index contributed by atoms with van der Waals surface area (Å²) in [6, 6.07) is 0. The molecule has 18 heavy (non-hydrogen) atoms. The van der Waals surface area contributed by atoms with Gasteiger partial charge in [-0.3, -0.25) is 4.90 Å². The standard InChI is InChI=1S/C15H30N2O/c1-3-16-11-15(7-5-4-6-8-15)13-17-10-9-14(2,18)12-17/h16,18H,3-13H2,1-2H3. The Kier molecular flexibility index (Phi) is 4.68. The van der Waals surface area contributed by atoms with Gasteiger partial charge in [-0.1, -0.05) is 26.2 Å². The Morgan fingerprint density at radius 2 is 1.89 bits per heavy atom. The molecular weight excluding hydrogens is 224 g/mol. The highest BCUT2D eigenvalue weighted by molar-refractivity contribution is 4.93. The van der Waals surface area contributed by atoms with Gasteiger partial charge in [-0.25, -0.2) is 0 Å². The maximum Gasteiger partial charge on any atom is 0.0758 e. The zero-order chi connectivity index (χ0) is 13.1. The second-order valence-corrected chi connectivity index (χ2v) is 6.80. The SMILES string of the molecule is CCNCC1(CN2CCC(C)(O)C2)CCCCC1. The smallest absolute Gasteiger partial charge is 0.0758 e. The summed E-state index contributed by atoms with van der Waals surface area (Å²) in [4.78, 5) is 2.49. The van der Waals surface area contributed by atoms with Crippen LogP contribution in [-0.4, -0.2) is 48.3 Å². The molecule has 1 saturated carbocycles. The third-order valence-corrected chi connectivity index (χ3v) is 4.75. The number of nitrogens with zero attached hydrogens (tertiary/aromatic N) is 1. The van der Waals surface area contributed by atoms with Crippen molar-refractivity contribution < 1.29 is 5.11 Å². The summed E-state index contributed by atoms with van der Waals surface area (Å²) in [5, 5.41) is 13.7. The van der Waals surface area contributed by atoms with Crippen molar-refractivity contribution in [1.29, 1.82) is 0 Å². The summed E-state index contributed by atoms with van der Waals surface area (Å²) in [6.45, 7) is 9.50. The number of rotatable bonds is 5. The number of aliphatic hydroxyl groups is 1. The van der Waals surface area contributed by atoms with Gasteiger partial charge >= 0.3 is 0 Å². The summed E-state index contributed by atoms with van der Waals surface area (Å²) in [5.74, 6) is 0. The molecule has 3 heteroatoms. The van der Waals surface area contributed by atoms with E-state index in [1.54, 1.807) is 0 Å². The van der Waals surface area contributed by atoms with Crippen LogP contribution in [0, 0.1) is 5.41 Å². The monoisotopic (exact) mass is 254 g/mol. The van der Waals surface area contributed by atoms with E-state index >= 15 is 0 Å². The van der Waals surface area contributed by atoms with Crippen LogP contribution in [-0.2, 0) is 0 Å². The highest BCUT2D eigenvalue weighted by Gasteiger charge is 2.38. The Labute approximate surface area is 112 Å². The summed E-state index contributed by atoms with van der Waals surface area (Å²) < 4.78 is 0. The van der Waals surface area contributed by atoms with Gasteiger partial charge in [-0.15, -0.1) is 0 Å². The van der Waals surface area contributed by atoms with Crippen molar-refractivity contribution in [2.75, 3.05) is 32.7 Å². The third-order valence-electron chi connectivity index (χ3n) is 4.75. The second-order valence-electron chi connectivity index (χ2n) is 6.80. The van der Waals surface area contributed by atoms with Crippen molar-refractivity contribution in [3.05, 3.63) is 0 Å². The van der Waals surface area contributed by atoms with Crippen LogP contribution in [0.25, 0.3) is 0 Å². The van der Waals surface area contributed by atoms with Gasteiger partial charge in [-0.05, 0) is 38.1 Å². The molecule has 106 valence electrons. The predicted octanol–water partition coefficient (Wildman–Crippen LogP) is 2.00. The Morgan fingerprint density at radius 3 is 2.44 bits per heavy atom. The van der Waals surface area contributed by atoms with Crippen LogP contribution in [0.4, 0.5) is 0 Å². The number of nitrogens with one attached hydrogen (secondary N) is 1. The van der Waals surface area contributed by atoms with Gasteiger partial charge in [0.05, 0.1) is 5.60 Å². The first-order valence-corrected chi connectivity index (χ1v) is 7.71. The third kappa shape index (κ3) is 3.69. The zero-order valence-electron chi connectivity index (χ0n) is 12.2. The van der Waals surface area contributed by atoms with E-state index in [9.17, 15) is 5.11 Å². The van der Waals surface area contributed by atoms with Crippen molar-refractivity contribution in [2.45, 2.75) is 58.0 Å². The molecular formula is C15H30N2O. The molecule has 1 atom stereocenters. The van der Waals surface area contributed by atoms with E-state index in [-0.39, 0.29) is 0 Å². The molecule has 0 bridgehead atoms. The lowest BCUT2D eigenvalue weighted by molar-refractivity contribution is 0.0541. The van der Waals surface area contributed by atoms with Crippen LogP contribution >= 0.6 is 0 Å². The molecule has 1 aliphatic carbocycles. The van der Waals surface area contributed by atoms with Gasteiger partial charge in [-0.2, -0.15) is 0 Å². The second kappa shape index (κ2) is 5.89. The van der Waals surface area contributed by atoms with Crippen molar-refractivity contribution in [3.8, 4) is 0 Å². The minimum absolute atomic E-state index is 0.450. The number of hydrogen-bond donors (Lipinski definition) is 2. The van der Waals surface area contributed by atoms with Crippen molar-refractivity contribution in [2.24, 2.45) is 5.41 Å². The van der Waals surface area contributed by atoms with E-state index < -0.39 is 5.60 Å². The molecule has 3 nitrogen and oxygen atoms in total. The predicted molar refractivity (Wildman–Crippen MR) is 75.7 cm³/mol. The molecule has 0 aromatic rings. The molecule has 1 saturated heterocycles. The van der Waals surface area contributed by atoms with Crippen LogP contribution in [0.1, 0.15) is 52.4 Å².